The summed E-state index contributed by atoms with van der Waals surface area (Å²) in [5.41, 5.74) is 0. The van der Waals surface area contributed by atoms with Crippen molar-refractivity contribution in [1.29, 1.82) is 0 Å². The second-order valence-corrected chi connectivity index (χ2v) is 5.81. The summed E-state index contributed by atoms with van der Waals surface area (Å²) < 4.78 is 0. The molecule has 0 unspecified atom stereocenters. The first kappa shape index (κ1) is 18.7. The zero-order valence-corrected chi connectivity index (χ0v) is 14.3. The van der Waals surface area contributed by atoms with Crippen molar-refractivity contribution in [2.45, 2.75) is 45.4 Å². The lowest BCUT2D eigenvalue weighted by Crippen LogP contribution is -2.44. The van der Waals surface area contributed by atoms with Gasteiger partial charge in [0.2, 0.25) is 5.91 Å². The minimum atomic E-state index is 0.00867. The number of aliphatic imine (C=N–C) groups is 1. The Balaban J connectivity index is 2.09. The van der Waals surface area contributed by atoms with Gasteiger partial charge in [-0.2, -0.15) is 0 Å². The van der Waals surface area contributed by atoms with E-state index < -0.39 is 0 Å². The number of carbonyl (C=O) groups is 1. The van der Waals surface area contributed by atoms with Crippen molar-refractivity contribution in [3.05, 3.63) is 0 Å². The molecule has 0 saturated carbocycles. The molecule has 1 heterocycles. The maximum absolute atomic E-state index is 11.5. The van der Waals surface area contributed by atoms with Gasteiger partial charge in [0.15, 0.2) is 5.96 Å². The molecule has 0 spiro atoms. The first-order valence-corrected chi connectivity index (χ1v) is 8.69. The zero-order chi connectivity index (χ0) is 16.0. The fourth-order valence-electron chi connectivity index (χ4n) is 2.58. The smallest absolute Gasteiger partial charge is 0.239 e. The van der Waals surface area contributed by atoms with Crippen LogP contribution in [0, 0.1) is 0 Å². The second kappa shape index (κ2) is 12.3. The van der Waals surface area contributed by atoms with E-state index in [0.29, 0.717) is 5.96 Å². The van der Waals surface area contributed by atoms with Crippen LogP contribution >= 0.6 is 0 Å². The van der Waals surface area contributed by atoms with Crippen LogP contribution < -0.4 is 16.0 Å². The predicted molar refractivity (Wildman–Crippen MR) is 92.2 cm³/mol. The van der Waals surface area contributed by atoms with Crippen LogP contribution in [0.1, 0.15) is 45.4 Å². The van der Waals surface area contributed by atoms with Gasteiger partial charge in [-0.1, -0.05) is 19.8 Å². The van der Waals surface area contributed by atoms with E-state index in [4.69, 9.17) is 0 Å². The van der Waals surface area contributed by atoms with Gasteiger partial charge in [-0.05, 0) is 45.3 Å². The highest BCUT2D eigenvalue weighted by Gasteiger charge is 2.08. The van der Waals surface area contributed by atoms with Crippen molar-refractivity contribution < 1.29 is 4.79 Å². The summed E-state index contributed by atoms with van der Waals surface area (Å²) >= 11 is 0. The van der Waals surface area contributed by atoms with Crippen LogP contribution in [0.2, 0.25) is 0 Å². The van der Waals surface area contributed by atoms with E-state index in [0.717, 1.165) is 32.5 Å². The molecule has 1 aliphatic rings. The van der Waals surface area contributed by atoms with Crippen LogP contribution in [0.15, 0.2) is 4.99 Å². The van der Waals surface area contributed by atoms with Crippen LogP contribution in [0.25, 0.3) is 0 Å². The third-order valence-corrected chi connectivity index (χ3v) is 3.85. The number of hydrogen-bond acceptors (Lipinski definition) is 3. The van der Waals surface area contributed by atoms with E-state index in [1.165, 1.54) is 38.8 Å². The van der Waals surface area contributed by atoms with Gasteiger partial charge >= 0.3 is 0 Å². The molecule has 1 aliphatic heterocycles. The highest BCUT2D eigenvalue weighted by molar-refractivity contribution is 5.86. The van der Waals surface area contributed by atoms with Gasteiger partial charge in [-0.3, -0.25) is 9.79 Å². The fourth-order valence-corrected chi connectivity index (χ4v) is 2.58. The largest absolute Gasteiger partial charge is 0.356 e. The van der Waals surface area contributed by atoms with Gasteiger partial charge in [0, 0.05) is 20.1 Å². The first-order valence-electron chi connectivity index (χ1n) is 8.69. The summed E-state index contributed by atoms with van der Waals surface area (Å²) in [4.78, 5) is 18.2. The molecule has 0 aromatic rings. The maximum Gasteiger partial charge on any atom is 0.239 e. The lowest BCUT2D eigenvalue weighted by Gasteiger charge is -2.20. The number of amides is 1. The van der Waals surface area contributed by atoms with Gasteiger partial charge < -0.3 is 20.9 Å². The van der Waals surface area contributed by atoms with Crippen molar-refractivity contribution in [2.75, 3.05) is 46.3 Å². The monoisotopic (exact) mass is 311 g/mol. The molecule has 0 aromatic heterocycles. The van der Waals surface area contributed by atoms with Gasteiger partial charge in [-0.25, -0.2) is 0 Å². The summed E-state index contributed by atoms with van der Waals surface area (Å²) in [6.45, 7) is 7.54. The molecule has 1 rings (SSSR count). The van der Waals surface area contributed by atoms with E-state index in [1.807, 2.05) is 6.92 Å². The first-order chi connectivity index (χ1) is 10.8. The maximum atomic E-state index is 11.5. The van der Waals surface area contributed by atoms with Crippen LogP contribution in [-0.4, -0.2) is 63.1 Å². The van der Waals surface area contributed by atoms with Crippen molar-refractivity contribution in [1.82, 2.24) is 20.9 Å². The molecule has 3 N–H and O–H groups in total. The summed E-state index contributed by atoms with van der Waals surface area (Å²) in [5, 5.41) is 9.15. The van der Waals surface area contributed by atoms with E-state index in [-0.39, 0.29) is 12.5 Å². The van der Waals surface area contributed by atoms with E-state index >= 15 is 0 Å². The fraction of sp³-hybridized carbons (Fsp3) is 0.875. The molecule has 0 aromatic carbocycles. The molecular weight excluding hydrogens is 278 g/mol. The van der Waals surface area contributed by atoms with E-state index in [1.54, 1.807) is 7.05 Å². The van der Waals surface area contributed by atoms with Crippen molar-refractivity contribution in [3.63, 3.8) is 0 Å². The topological polar surface area (TPSA) is 68.8 Å². The standard InChI is InChI=1S/C16H33N5O/c1-3-9-18-15(22)14-20-16(17-2)19-10-8-13-21-11-6-4-5-7-12-21/h3-14H2,1-2H3,(H,18,22)(H2,17,19,20). The number of rotatable bonds is 8. The van der Waals surface area contributed by atoms with Gasteiger partial charge in [-0.15, -0.1) is 0 Å². The summed E-state index contributed by atoms with van der Waals surface area (Å²) in [6.07, 6.45) is 7.49. The molecule has 22 heavy (non-hydrogen) atoms. The lowest BCUT2D eigenvalue weighted by atomic mass is 10.2. The minimum absolute atomic E-state index is 0.00867. The average Bonchev–Trinajstić information content (AvgIpc) is 2.81. The molecule has 0 radical (unpaired) electrons. The number of nitrogens with one attached hydrogen (secondary N) is 3. The van der Waals surface area contributed by atoms with Crippen molar-refractivity contribution >= 4 is 11.9 Å². The highest BCUT2D eigenvalue weighted by Crippen LogP contribution is 2.09. The third-order valence-electron chi connectivity index (χ3n) is 3.85. The second-order valence-electron chi connectivity index (χ2n) is 5.81. The Morgan fingerprint density at radius 2 is 1.77 bits per heavy atom. The molecule has 1 saturated heterocycles. The zero-order valence-electron chi connectivity index (χ0n) is 14.3. The highest BCUT2D eigenvalue weighted by atomic mass is 16.1. The van der Waals surface area contributed by atoms with Crippen molar-refractivity contribution in [3.8, 4) is 0 Å². The molecule has 1 fully saturated rings. The van der Waals surface area contributed by atoms with Gasteiger partial charge in [0.05, 0.1) is 6.54 Å². The Kier molecular flexibility index (Phi) is 10.5. The van der Waals surface area contributed by atoms with Crippen molar-refractivity contribution in [2.24, 2.45) is 4.99 Å². The van der Waals surface area contributed by atoms with Gasteiger partial charge in [0.25, 0.3) is 0 Å². The molecule has 128 valence electrons. The van der Waals surface area contributed by atoms with Gasteiger partial charge in [0.1, 0.15) is 0 Å². The quantitative estimate of drug-likeness (QED) is 0.355. The van der Waals surface area contributed by atoms with Crippen LogP contribution in [-0.2, 0) is 4.79 Å². The Bertz CT molecular complexity index is 324. The summed E-state index contributed by atoms with van der Waals surface area (Å²) in [7, 11) is 1.73. The molecule has 1 amide bonds. The van der Waals surface area contributed by atoms with Crippen LogP contribution in [0.5, 0.6) is 0 Å². The molecule has 0 bridgehead atoms. The Hall–Kier alpha value is -1.30. The number of guanidine groups is 1. The number of carbonyl (C=O) groups excluding carboxylic acids is 1. The number of nitrogens with zero attached hydrogens (tertiary/aromatic N) is 2. The Labute approximate surface area is 135 Å². The molecule has 0 aliphatic carbocycles. The molecular formula is C16H33N5O. The third kappa shape index (κ3) is 8.87. The minimum Gasteiger partial charge on any atom is -0.356 e. The predicted octanol–water partition coefficient (Wildman–Crippen LogP) is 0.944. The SMILES string of the molecule is CCCNC(=O)CNC(=NC)NCCCN1CCCCCC1. The molecule has 6 nitrogen and oxygen atoms in total. The van der Waals surface area contributed by atoms with Crippen LogP contribution in [0.3, 0.4) is 0 Å². The normalized spacial score (nSPS) is 16.9. The average molecular weight is 311 g/mol. The Morgan fingerprint density at radius 3 is 2.41 bits per heavy atom. The number of likely N-dealkylation sites (tertiary alicyclic amines) is 1. The summed E-state index contributed by atoms with van der Waals surface area (Å²) in [5.74, 6) is 0.705. The summed E-state index contributed by atoms with van der Waals surface area (Å²) in [6, 6.07) is 0. The molecule has 6 heteroatoms. The molecule has 0 atom stereocenters. The van der Waals surface area contributed by atoms with E-state index in [2.05, 4.69) is 25.8 Å². The number of hydrogen-bond donors (Lipinski definition) is 3. The Morgan fingerprint density at radius 1 is 1.05 bits per heavy atom. The lowest BCUT2D eigenvalue weighted by molar-refractivity contribution is -0.120. The van der Waals surface area contributed by atoms with Crippen LogP contribution in [0.4, 0.5) is 0 Å². The van der Waals surface area contributed by atoms with E-state index in [9.17, 15) is 4.79 Å².